The van der Waals surface area contributed by atoms with E-state index in [1.807, 2.05) is 0 Å². The summed E-state index contributed by atoms with van der Waals surface area (Å²) in [4.78, 5) is 0. The normalized spacial score (nSPS) is 31.8. The average molecular weight is 183 g/mol. The highest BCUT2D eigenvalue weighted by molar-refractivity contribution is 5.31. The van der Waals surface area contributed by atoms with Crippen molar-refractivity contribution >= 4 is 5.95 Å². The van der Waals surface area contributed by atoms with E-state index in [0.29, 0.717) is 12.0 Å². The molecule has 0 radical (unpaired) electrons. The monoisotopic (exact) mass is 183 g/mol. The number of aromatic nitrogens is 4. The van der Waals surface area contributed by atoms with Crippen LogP contribution in [-0.4, -0.2) is 39.0 Å². The lowest BCUT2D eigenvalue weighted by Gasteiger charge is -2.09. The van der Waals surface area contributed by atoms with Crippen LogP contribution in [0.5, 0.6) is 0 Å². The first-order valence-corrected chi connectivity index (χ1v) is 4.20. The number of hydrogen-bond acceptors (Lipinski definition) is 5. The lowest BCUT2D eigenvalue weighted by Crippen LogP contribution is -2.19. The molecule has 2 atom stereocenters. The molecule has 13 heavy (non-hydrogen) atoms. The molecule has 0 aliphatic heterocycles. The van der Waals surface area contributed by atoms with E-state index < -0.39 is 0 Å². The summed E-state index contributed by atoms with van der Waals surface area (Å²) in [5.41, 5.74) is -0.0497. The number of nitrogens with zero attached hydrogens (tertiary/aromatic N) is 4. The van der Waals surface area contributed by atoms with Gasteiger partial charge in [0.15, 0.2) is 0 Å². The molecule has 1 N–H and O–H groups in total. The van der Waals surface area contributed by atoms with E-state index in [-0.39, 0.29) is 5.60 Å². The molecule has 72 valence electrons. The zero-order valence-electron chi connectivity index (χ0n) is 7.98. The summed E-state index contributed by atoms with van der Waals surface area (Å²) in [6.45, 7) is 2.06. The number of rotatable bonds is 3. The molecule has 1 heterocycles. The lowest BCUT2D eigenvalue weighted by atomic mass is 10.4. The van der Waals surface area contributed by atoms with E-state index in [0.717, 1.165) is 6.42 Å². The first-order chi connectivity index (χ1) is 6.15. The van der Waals surface area contributed by atoms with Gasteiger partial charge in [-0.25, -0.2) is 4.68 Å². The number of nitrogens with one attached hydrogen (secondary N) is 1. The highest BCUT2D eigenvalue weighted by Crippen LogP contribution is 2.40. The van der Waals surface area contributed by atoms with E-state index in [1.165, 1.54) is 0 Å². The zero-order chi connectivity index (χ0) is 9.47. The summed E-state index contributed by atoms with van der Waals surface area (Å²) in [6, 6.07) is 0.321. The molecular formula is C7H13N5O. The van der Waals surface area contributed by atoms with Crippen LogP contribution >= 0.6 is 0 Å². The van der Waals surface area contributed by atoms with Crippen LogP contribution < -0.4 is 5.32 Å². The Labute approximate surface area is 76.3 Å². The predicted octanol–water partition coefficient (Wildman–Crippen LogP) is -0.201. The SMILES string of the molecule is COC1(C)CC1Nc1nnnn1C. The van der Waals surface area contributed by atoms with Gasteiger partial charge in [-0.1, -0.05) is 5.10 Å². The summed E-state index contributed by atoms with van der Waals surface area (Å²) in [5, 5.41) is 14.3. The van der Waals surface area contributed by atoms with E-state index >= 15 is 0 Å². The predicted molar refractivity (Wildman–Crippen MR) is 46.2 cm³/mol. The molecule has 1 fully saturated rings. The summed E-state index contributed by atoms with van der Waals surface area (Å²) < 4.78 is 6.92. The van der Waals surface area contributed by atoms with Crippen LogP contribution in [0.25, 0.3) is 0 Å². The fraction of sp³-hybridized carbons (Fsp3) is 0.857. The van der Waals surface area contributed by atoms with Crippen molar-refractivity contribution in [3.05, 3.63) is 0 Å². The van der Waals surface area contributed by atoms with Crippen LogP contribution in [0.15, 0.2) is 0 Å². The second-order valence-corrected chi connectivity index (χ2v) is 3.54. The van der Waals surface area contributed by atoms with Gasteiger partial charge in [-0.05, 0) is 17.4 Å². The smallest absolute Gasteiger partial charge is 0.242 e. The van der Waals surface area contributed by atoms with Crippen molar-refractivity contribution in [3.63, 3.8) is 0 Å². The summed E-state index contributed by atoms with van der Waals surface area (Å²) in [5.74, 6) is 0.686. The highest BCUT2D eigenvalue weighted by Gasteiger charge is 2.51. The Hall–Kier alpha value is -1.17. The Morgan fingerprint density at radius 3 is 2.92 bits per heavy atom. The van der Waals surface area contributed by atoms with E-state index in [2.05, 4.69) is 27.8 Å². The molecule has 1 aromatic rings. The van der Waals surface area contributed by atoms with Crippen LogP contribution in [0.3, 0.4) is 0 Å². The molecule has 1 saturated carbocycles. The Kier molecular flexibility index (Phi) is 1.73. The average Bonchev–Trinajstić information content (AvgIpc) is 2.57. The van der Waals surface area contributed by atoms with Crippen LogP contribution in [0.1, 0.15) is 13.3 Å². The van der Waals surface area contributed by atoms with Gasteiger partial charge in [0.05, 0.1) is 11.6 Å². The largest absolute Gasteiger partial charge is 0.376 e. The fourth-order valence-corrected chi connectivity index (χ4v) is 1.28. The van der Waals surface area contributed by atoms with Crippen molar-refractivity contribution in [1.29, 1.82) is 0 Å². The first kappa shape index (κ1) is 8.43. The van der Waals surface area contributed by atoms with Gasteiger partial charge >= 0.3 is 0 Å². The summed E-state index contributed by atoms with van der Waals surface area (Å²) in [7, 11) is 3.52. The summed E-state index contributed by atoms with van der Waals surface area (Å²) in [6.07, 6.45) is 0.996. The highest BCUT2D eigenvalue weighted by atomic mass is 16.5. The Bertz CT molecular complexity index is 312. The molecule has 0 spiro atoms. The minimum absolute atomic E-state index is 0.0497. The molecular weight excluding hydrogens is 170 g/mol. The van der Waals surface area contributed by atoms with Crippen molar-refractivity contribution in [1.82, 2.24) is 20.2 Å². The maximum Gasteiger partial charge on any atom is 0.242 e. The molecule has 0 bridgehead atoms. The van der Waals surface area contributed by atoms with Crippen molar-refractivity contribution in [2.75, 3.05) is 12.4 Å². The van der Waals surface area contributed by atoms with Crippen LogP contribution in [0, 0.1) is 0 Å². The van der Waals surface area contributed by atoms with Gasteiger partial charge < -0.3 is 10.1 Å². The molecule has 6 nitrogen and oxygen atoms in total. The van der Waals surface area contributed by atoms with Gasteiger partial charge in [0.2, 0.25) is 5.95 Å². The second-order valence-electron chi connectivity index (χ2n) is 3.54. The fourth-order valence-electron chi connectivity index (χ4n) is 1.28. The van der Waals surface area contributed by atoms with E-state index in [4.69, 9.17) is 4.74 Å². The molecule has 2 unspecified atom stereocenters. The molecule has 0 saturated heterocycles. The molecule has 1 aromatic heterocycles. The van der Waals surface area contributed by atoms with Gasteiger partial charge in [-0.3, -0.25) is 0 Å². The number of tetrazole rings is 1. The number of hydrogen-bond donors (Lipinski definition) is 1. The Balaban J connectivity index is 1.98. The van der Waals surface area contributed by atoms with Crippen LogP contribution in [0.4, 0.5) is 5.95 Å². The van der Waals surface area contributed by atoms with Crippen molar-refractivity contribution in [3.8, 4) is 0 Å². The van der Waals surface area contributed by atoms with Crippen LogP contribution in [-0.2, 0) is 11.8 Å². The second kappa shape index (κ2) is 2.66. The Morgan fingerprint density at radius 2 is 2.46 bits per heavy atom. The van der Waals surface area contributed by atoms with Gasteiger partial charge in [0.25, 0.3) is 0 Å². The van der Waals surface area contributed by atoms with Gasteiger partial charge in [0.1, 0.15) is 0 Å². The molecule has 6 heteroatoms. The third-order valence-electron chi connectivity index (χ3n) is 2.58. The van der Waals surface area contributed by atoms with Crippen molar-refractivity contribution < 1.29 is 4.74 Å². The number of ether oxygens (including phenoxy) is 1. The molecule has 1 aliphatic rings. The minimum Gasteiger partial charge on any atom is -0.376 e. The van der Waals surface area contributed by atoms with Crippen molar-refractivity contribution in [2.24, 2.45) is 7.05 Å². The quantitative estimate of drug-likeness (QED) is 0.703. The molecule has 0 aromatic carbocycles. The number of anilines is 1. The molecule has 0 amide bonds. The molecule has 2 rings (SSSR count). The maximum atomic E-state index is 5.31. The standard InChI is InChI=1S/C7H13N5O/c1-7(13-3)4-5(7)8-6-9-10-11-12(6)2/h5H,4H2,1-3H3,(H,8,9,11). The summed E-state index contributed by atoms with van der Waals surface area (Å²) >= 11 is 0. The van der Waals surface area contributed by atoms with E-state index in [9.17, 15) is 0 Å². The number of aryl methyl sites for hydroxylation is 1. The van der Waals surface area contributed by atoms with Crippen molar-refractivity contribution in [2.45, 2.75) is 25.0 Å². The first-order valence-electron chi connectivity index (χ1n) is 4.20. The van der Waals surface area contributed by atoms with E-state index in [1.54, 1.807) is 18.8 Å². The third-order valence-corrected chi connectivity index (χ3v) is 2.58. The van der Waals surface area contributed by atoms with Crippen LogP contribution in [0.2, 0.25) is 0 Å². The third kappa shape index (κ3) is 1.37. The lowest BCUT2D eigenvalue weighted by molar-refractivity contribution is 0.0935. The minimum atomic E-state index is -0.0497. The Morgan fingerprint density at radius 1 is 1.69 bits per heavy atom. The maximum absolute atomic E-state index is 5.31. The molecule has 1 aliphatic carbocycles. The van der Waals surface area contributed by atoms with Gasteiger partial charge in [0, 0.05) is 20.6 Å². The number of methoxy groups -OCH3 is 1. The zero-order valence-corrected chi connectivity index (χ0v) is 7.98. The van der Waals surface area contributed by atoms with Gasteiger partial charge in [-0.2, -0.15) is 0 Å². The van der Waals surface area contributed by atoms with Gasteiger partial charge in [-0.15, -0.1) is 0 Å². The topological polar surface area (TPSA) is 64.9 Å².